The molecule has 0 spiro atoms. The summed E-state index contributed by atoms with van der Waals surface area (Å²) in [5.41, 5.74) is 7.17. The molecule has 1 aromatic rings. The van der Waals surface area contributed by atoms with E-state index in [9.17, 15) is 0 Å². The molecule has 0 aliphatic carbocycles. The van der Waals surface area contributed by atoms with Crippen molar-refractivity contribution in [3.63, 3.8) is 0 Å². The molecule has 1 aromatic carbocycles. The normalized spacial score (nSPS) is 12.1. The zero-order valence-corrected chi connectivity index (χ0v) is 10.3. The predicted molar refractivity (Wildman–Crippen MR) is 66.5 cm³/mol. The number of nitrogens with zero attached hydrogens (tertiary/aromatic N) is 1. The van der Waals surface area contributed by atoms with Gasteiger partial charge in [0.05, 0.1) is 17.3 Å². The van der Waals surface area contributed by atoms with Gasteiger partial charge in [-0.05, 0) is 46.4 Å². The second-order valence-electron chi connectivity index (χ2n) is 2.82. The fourth-order valence-corrected chi connectivity index (χ4v) is 1.76. The molecule has 0 fully saturated rings. The number of rotatable bonds is 3. The second kappa shape index (κ2) is 5.56. The number of methoxy groups -OCH3 is 1. The fraction of sp³-hybridized carbons (Fsp3) is 0.182. The predicted octanol–water partition coefficient (Wildman–Crippen LogP) is 2.35. The number of aliphatic imine (C=N–C) groups is 1. The lowest BCUT2D eigenvalue weighted by Crippen LogP contribution is -1.98. The molecule has 0 aliphatic rings. The van der Waals surface area contributed by atoms with Crippen LogP contribution in [0, 0.1) is 0 Å². The van der Waals surface area contributed by atoms with Gasteiger partial charge in [-0.25, -0.2) is 0 Å². The van der Waals surface area contributed by atoms with Crippen molar-refractivity contribution >= 4 is 21.6 Å². The standard InChI is InChI=1S/C11H13BrN2O/c1-14-10(5-6-13)8-3-4-11(15-2)9(12)7-8/h3-7H,13H2,1-2H3. The van der Waals surface area contributed by atoms with Gasteiger partial charge in [-0.2, -0.15) is 0 Å². The van der Waals surface area contributed by atoms with Crippen LogP contribution in [0.1, 0.15) is 5.56 Å². The van der Waals surface area contributed by atoms with Crippen molar-refractivity contribution in [1.29, 1.82) is 0 Å². The number of hydrogen-bond acceptors (Lipinski definition) is 3. The lowest BCUT2D eigenvalue weighted by atomic mass is 10.1. The van der Waals surface area contributed by atoms with Crippen LogP contribution in [0.25, 0.3) is 0 Å². The zero-order valence-electron chi connectivity index (χ0n) is 8.70. The highest BCUT2D eigenvalue weighted by Crippen LogP contribution is 2.25. The Kier molecular flexibility index (Phi) is 4.37. The second-order valence-corrected chi connectivity index (χ2v) is 3.67. The zero-order chi connectivity index (χ0) is 11.3. The van der Waals surface area contributed by atoms with E-state index in [1.807, 2.05) is 18.2 Å². The van der Waals surface area contributed by atoms with Crippen molar-refractivity contribution in [1.82, 2.24) is 0 Å². The smallest absolute Gasteiger partial charge is 0.133 e. The average Bonchev–Trinajstić information content (AvgIpc) is 2.25. The van der Waals surface area contributed by atoms with Crippen LogP contribution in [0.4, 0.5) is 0 Å². The Labute approximate surface area is 97.8 Å². The summed E-state index contributed by atoms with van der Waals surface area (Å²) in [5.74, 6) is 0.797. The van der Waals surface area contributed by atoms with Gasteiger partial charge in [-0.1, -0.05) is 0 Å². The SMILES string of the molecule is CN=C(C=CN)c1ccc(OC)c(Br)c1. The molecule has 0 radical (unpaired) electrons. The maximum absolute atomic E-state index is 5.34. The quantitative estimate of drug-likeness (QED) is 0.856. The van der Waals surface area contributed by atoms with Crippen LogP contribution >= 0.6 is 15.9 Å². The van der Waals surface area contributed by atoms with Gasteiger partial charge >= 0.3 is 0 Å². The molecule has 80 valence electrons. The van der Waals surface area contributed by atoms with Crippen molar-refractivity contribution in [3.8, 4) is 5.75 Å². The minimum atomic E-state index is 0.797. The molecule has 15 heavy (non-hydrogen) atoms. The van der Waals surface area contributed by atoms with Gasteiger partial charge in [0, 0.05) is 12.6 Å². The highest BCUT2D eigenvalue weighted by atomic mass is 79.9. The number of benzene rings is 1. The highest BCUT2D eigenvalue weighted by Gasteiger charge is 2.04. The lowest BCUT2D eigenvalue weighted by Gasteiger charge is -2.05. The van der Waals surface area contributed by atoms with Gasteiger partial charge in [-0.3, -0.25) is 4.99 Å². The van der Waals surface area contributed by atoms with E-state index in [1.165, 1.54) is 6.20 Å². The van der Waals surface area contributed by atoms with Crippen molar-refractivity contribution in [2.24, 2.45) is 10.7 Å². The molecular weight excluding hydrogens is 256 g/mol. The van der Waals surface area contributed by atoms with Crippen LogP contribution in [0.2, 0.25) is 0 Å². The molecule has 0 atom stereocenters. The maximum Gasteiger partial charge on any atom is 0.133 e. The molecule has 4 heteroatoms. The Bertz CT molecular complexity index is 400. The summed E-state index contributed by atoms with van der Waals surface area (Å²) in [4.78, 5) is 4.13. The van der Waals surface area contributed by atoms with E-state index in [-0.39, 0.29) is 0 Å². The number of hydrogen-bond donors (Lipinski definition) is 1. The Balaban J connectivity index is 3.11. The molecule has 0 saturated heterocycles. The Morgan fingerprint density at radius 3 is 2.73 bits per heavy atom. The number of halogens is 1. The van der Waals surface area contributed by atoms with Crippen molar-refractivity contribution < 1.29 is 4.74 Å². The van der Waals surface area contributed by atoms with E-state index in [2.05, 4.69) is 20.9 Å². The molecule has 1 rings (SSSR count). The summed E-state index contributed by atoms with van der Waals surface area (Å²) in [6.45, 7) is 0. The molecule has 0 bridgehead atoms. The summed E-state index contributed by atoms with van der Waals surface area (Å²) in [7, 11) is 3.36. The van der Waals surface area contributed by atoms with Crippen molar-refractivity contribution in [2.75, 3.05) is 14.2 Å². The summed E-state index contributed by atoms with van der Waals surface area (Å²) < 4.78 is 6.04. The molecule has 3 nitrogen and oxygen atoms in total. The summed E-state index contributed by atoms with van der Waals surface area (Å²) >= 11 is 3.42. The van der Waals surface area contributed by atoms with E-state index in [4.69, 9.17) is 10.5 Å². The van der Waals surface area contributed by atoms with Crippen LogP contribution in [-0.4, -0.2) is 19.9 Å². The first kappa shape index (κ1) is 11.8. The highest BCUT2D eigenvalue weighted by molar-refractivity contribution is 9.10. The Morgan fingerprint density at radius 2 is 2.27 bits per heavy atom. The lowest BCUT2D eigenvalue weighted by molar-refractivity contribution is 0.412. The van der Waals surface area contributed by atoms with Crippen LogP contribution in [0.15, 0.2) is 39.9 Å². The third-order valence-electron chi connectivity index (χ3n) is 1.94. The van der Waals surface area contributed by atoms with E-state index >= 15 is 0 Å². The topological polar surface area (TPSA) is 47.6 Å². The van der Waals surface area contributed by atoms with Gasteiger partial charge in [-0.15, -0.1) is 0 Å². The third kappa shape index (κ3) is 2.83. The fourth-order valence-electron chi connectivity index (χ4n) is 1.22. The van der Waals surface area contributed by atoms with Gasteiger partial charge in [0.1, 0.15) is 5.75 Å². The minimum absolute atomic E-state index is 0.797. The molecule has 2 N–H and O–H groups in total. The minimum Gasteiger partial charge on any atom is -0.496 e. The van der Waals surface area contributed by atoms with E-state index < -0.39 is 0 Å². The van der Waals surface area contributed by atoms with Crippen LogP contribution in [0.5, 0.6) is 5.75 Å². The molecule has 0 amide bonds. The van der Waals surface area contributed by atoms with Crippen molar-refractivity contribution in [3.05, 3.63) is 40.5 Å². The monoisotopic (exact) mass is 268 g/mol. The van der Waals surface area contributed by atoms with E-state index in [1.54, 1.807) is 20.2 Å². The van der Waals surface area contributed by atoms with E-state index in [0.717, 1.165) is 21.5 Å². The Hall–Kier alpha value is -1.29. The van der Waals surface area contributed by atoms with Gasteiger partial charge in [0.15, 0.2) is 0 Å². The van der Waals surface area contributed by atoms with Gasteiger partial charge in [0.25, 0.3) is 0 Å². The summed E-state index contributed by atoms with van der Waals surface area (Å²) in [5, 5.41) is 0. The van der Waals surface area contributed by atoms with Gasteiger partial charge < -0.3 is 10.5 Å². The molecular formula is C11H13BrN2O. The molecule has 0 heterocycles. The first-order chi connectivity index (χ1) is 7.22. The average molecular weight is 269 g/mol. The molecule has 0 aromatic heterocycles. The number of nitrogens with two attached hydrogens (primary N) is 1. The third-order valence-corrected chi connectivity index (χ3v) is 2.56. The van der Waals surface area contributed by atoms with Crippen LogP contribution < -0.4 is 10.5 Å². The van der Waals surface area contributed by atoms with Gasteiger partial charge in [0.2, 0.25) is 0 Å². The number of allylic oxidation sites excluding steroid dienone is 1. The van der Waals surface area contributed by atoms with Crippen molar-refractivity contribution in [2.45, 2.75) is 0 Å². The first-order valence-corrected chi connectivity index (χ1v) is 5.21. The summed E-state index contributed by atoms with van der Waals surface area (Å²) in [6, 6.07) is 5.77. The number of ether oxygens (including phenoxy) is 1. The molecule has 0 unspecified atom stereocenters. The summed E-state index contributed by atoms with van der Waals surface area (Å²) in [6.07, 6.45) is 3.23. The maximum atomic E-state index is 5.34. The molecule has 0 aliphatic heterocycles. The van der Waals surface area contributed by atoms with E-state index in [0.29, 0.717) is 0 Å². The first-order valence-electron chi connectivity index (χ1n) is 4.42. The molecule has 0 saturated carbocycles. The Morgan fingerprint density at radius 1 is 1.53 bits per heavy atom. The largest absolute Gasteiger partial charge is 0.496 e. The van der Waals surface area contributed by atoms with Crippen LogP contribution in [-0.2, 0) is 0 Å². The van der Waals surface area contributed by atoms with Crippen LogP contribution in [0.3, 0.4) is 0 Å².